The van der Waals surface area contributed by atoms with Crippen molar-refractivity contribution in [3.05, 3.63) is 69.3 Å². The average Bonchev–Trinajstić information content (AvgIpc) is 3.07. The lowest BCUT2D eigenvalue weighted by Crippen LogP contribution is -2.37. The fourth-order valence-electron chi connectivity index (χ4n) is 3.63. The normalized spacial score (nSPS) is 12.6. The summed E-state index contributed by atoms with van der Waals surface area (Å²) in [6.45, 7) is 6.56. The summed E-state index contributed by atoms with van der Waals surface area (Å²) in [5, 5.41) is 16.6. The van der Waals surface area contributed by atoms with E-state index in [2.05, 4.69) is 29.4 Å². The van der Waals surface area contributed by atoms with Crippen molar-refractivity contribution in [3.63, 3.8) is 0 Å². The van der Waals surface area contributed by atoms with E-state index in [1.807, 2.05) is 0 Å². The number of carbonyl (C=O) groups excluding carboxylic acids is 4. The van der Waals surface area contributed by atoms with Crippen LogP contribution in [0.25, 0.3) is 0 Å². The Morgan fingerprint density at radius 2 is 1.71 bits per heavy atom. The topological polar surface area (TPSA) is 142 Å². The number of likely N-dealkylation sites (N-methyl/N-ethyl adjacent to an activating group) is 1. The van der Waals surface area contributed by atoms with Crippen LogP contribution in [0.5, 0.6) is 0 Å². The molecule has 1 heterocycles. The molecule has 0 saturated heterocycles. The molecule has 1 aliphatic rings. The minimum Gasteiger partial charge on any atom is -0.351 e. The van der Waals surface area contributed by atoms with E-state index in [-0.39, 0.29) is 17.0 Å². The van der Waals surface area contributed by atoms with Gasteiger partial charge in [0.15, 0.2) is 0 Å². The Morgan fingerprint density at radius 1 is 1.03 bits per heavy atom. The fourth-order valence-corrected chi connectivity index (χ4v) is 3.63. The van der Waals surface area contributed by atoms with Crippen LogP contribution in [-0.2, 0) is 4.79 Å². The minimum atomic E-state index is -0.890. The summed E-state index contributed by atoms with van der Waals surface area (Å²) in [5.41, 5.74) is -0.118. The number of fused-ring (bicyclic) bond motifs is 1. The molecule has 11 heteroatoms. The Kier molecular flexibility index (Phi) is 7.69. The van der Waals surface area contributed by atoms with Gasteiger partial charge < -0.3 is 15.5 Å². The number of imide groups is 1. The van der Waals surface area contributed by atoms with Crippen LogP contribution in [0.4, 0.5) is 11.4 Å². The van der Waals surface area contributed by atoms with Gasteiger partial charge >= 0.3 is 0 Å². The van der Waals surface area contributed by atoms with Gasteiger partial charge in [-0.3, -0.25) is 34.2 Å². The smallest absolute Gasteiger partial charge is 0.282 e. The van der Waals surface area contributed by atoms with Gasteiger partial charge in [0.25, 0.3) is 23.4 Å². The van der Waals surface area contributed by atoms with E-state index in [0.717, 1.165) is 25.7 Å². The van der Waals surface area contributed by atoms with Gasteiger partial charge in [0.05, 0.1) is 10.5 Å². The molecule has 0 aliphatic carbocycles. The number of nitrogens with zero attached hydrogens (tertiary/aromatic N) is 3. The first-order chi connectivity index (χ1) is 16.3. The van der Waals surface area contributed by atoms with Crippen LogP contribution in [-0.4, -0.2) is 71.1 Å². The van der Waals surface area contributed by atoms with Gasteiger partial charge in [-0.1, -0.05) is 19.9 Å². The van der Waals surface area contributed by atoms with Gasteiger partial charge in [-0.05, 0) is 43.4 Å². The lowest BCUT2D eigenvalue weighted by atomic mass is 10.1. The van der Waals surface area contributed by atoms with E-state index in [9.17, 15) is 29.3 Å². The average molecular weight is 467 g/mol. The molecule has 0 unspecified atom stereocenters. The summed E-state index contributed by atoms with van der Waals surface area (Å²) >= 11 is 0. The van der Waals surface area contributed by atoms with E-state index < -0.39 is 34.9 Å². The maximum absolute atomic E-state index is 12.6. The van der Waals surface area contributed by atoms with E-state index in [0.29, 0.717) is 22.7 Å². The van der Waals surface area contributed by atoms with Crippen LogP contribution in [0.1, 0.15) is 44.9 Å². The number of benzene rings is 2. The maximum Gasteiger partial charge on any atom is 0.282 e. The maximum atomic E-state index is 12.6. The van der Waals surface area contributed by atoms with Gasteiger partial charge in [-0.25, -0.2) is 0 Å². The van der Waals surface area contributed by atoms with Crippen molar-refractivity contribution >= 4 is 35.0 Å². The Morgan fingerprint density at radius 3 is 2.32 bits per heavy atom. The van der Waals surface area contributed by atoms with Gasteiger partial charge in [0.2, 0.25) is 5.91 Å². The lowest BCUT2D eigenvalue weighted by molar-refractivity contribution is -0.385. The van der Waals surface area contributed by atoms with Gasteiger partial charge in [0, 0.05) is 30.4 Å². The standard InChI is InChI=1S/C23H25N5O6/c1-3-26(4-2)13-12-24-21(30)15-8-10-16(11-9-15)25-19(29)14-27-22(31)17-6-5-7-18(28(33)34)20(17)23(27)32/h5-11H,3-4,12-14H2,1-2H3,(H,24,30)(H,25,29). The molecule has 0 atom stereocenters. The molecule has 0 saturated carbocycles. The Labute approximate surface area is 195 Å². The number of nitrogens with one attached hydrogen (secondary N) is 2. The molecule has 0 radical (unpaired) electrons. The summed E-state index contributed by atoms with van der Waals surface area (Å²) in [5.74, 6) is -2.55. The number of hydrogen-bond acceptors (Lipinski definition) is 7. The quantitative estimate of drug-likeness (QED) is 0.309. The van der Waals surface area contributed by atoms with Crippen LogP contribution in [0.2, 0.25) is 0 Å². The third-order valence-corrected chi connectivity index (χ3v) is 5.51. The molecule has 0 aromatic heterocycles. The van der Waals surface area contributed by atoms with Crippen molar-refractivity contribution < 1.29 is 24.1 Å². The molecule has 34 heavy (non-hydrogen) atoms. The second-order valence-corrected chi connectivity index (χ2v) is 7.56. The predicted molar refractivity (Wildman–Crippen MR) is 124 cm³/mol. The largest absolute Gasteiger partial charge is 0.351 e. The zero-order valence-corrected chi connectivity index (χ0v) is 18.9. The molecule has 4 amide bonds. The molecule has 1 aliphatic heterocycles. The number of amides is 4. The second-order valence-electron chi connectivity index (χ2n) is 7.56. The number of anilines is 1. The second kappa shape index (κ2) is 10.7. The Hall–Kier alpha value is -4.12. The van der Waals surface area contributed by atoms with Crippen LogP contribution in [0, 0.1) is 10.1 Å². The van der Waals surface area contributed by atoms with Crippen molar-refractivity contribution in [1.29, 1.82) is 0 Å². The van der Waals surface area contributed by atoms with Gasteiger partial charge in [0.1, 0.15) is 12.1 Å². The summed E-state index contributed by atoms with van der Waals surface area (Å²) < 4.78 is 0. The number of nitro groups is 1. The highest BCUT2D eigenvalue weighted by atomic mass is 16.6. The molecule has 0 spiro atoms. The van der Waals surface area contributed by atoms with Crippen LogP contribution in [0.15, 0.2) is 42.5 Å². The molecular formula is C23H25N5O6. The lowest BCUT2D eigenvalue weighted by Gasteiger charge is -2.18. The number of rotatable bonds is 10. The third kappa shape index (κ3) is 5.26. The highest BCUT2D eigenvalue weighted by Crippen LogP contribution is 2.30. The first kappa shape index (κ1) is 24.5. The number of carbonyl (C=O) groups is 4. The van der Waals surface area contributed by atoms with Crippen LogP contribution < -0.4 is 10.6 Å². The molecule has 11 nitrogen and oxygen atoms in total. The van der Waals surface area contributed by atoms with E-state index in [1.165, 1.54) is 24.3 Å². The molecular weight excluding hydrogens is 442 g/mol. The zero-order chi connectivity index (χ0) is 24.8. The highest BCUT2D eigenvalue weighted by Gasteiger charge is 2.41. The van der Waals surface area contributed by atoms with Crippen molar-refractivity contribution in [3.8, 4) is 0 Å². The molecule has 2 aromatic carbocycles. The Bertz CT molecular complexity index is 1130. The van der Waals surface area contributed by atoms with Gasteiger partial charge in [-0.15, -0.1) is 0 Å². The van der Waals surface area contributed by atoms with Crippen LogP contribution >= 0.6 is 0 Å². The Balaban J connectivity index is 1.58. The first-order valence-corrected chi connectivity index (χ1v) is 10.8. The molecule has 0 bridgehead atoms. The zero-order valence-electron chi connectivity index (χ0n) is 18.9. The molecule has 178 valence electrons. The van der Waals surface area contributed by atoms with Crippen LogP contribution in [0.3, 0.4) is 0 Å². The molecule has 0 fully saturated rings. The third-order valence-electron chi connectivity index (χ3n) is 5.51. The van der Waals surface area contributed by atoms with Crippen molar-refractivity contribution in [1.82, 2.24) is 15.1 Å². The monoisotopic (exact) mass is 467 g/mol. The SMILES string of the molecule is CCN(CC)CCNC(=O)c1ccc(NC(=O)CN2C(=O)c3cccc([N+](=O)[O-])c3C2=O)cc1. The van der Waals surface area contributed by atoms with E-state index >= 15 is 0 Å². The van der Waals surface area contributed by atoms with Crippen molar-refractivity contribution in [2.24, 2.45) is 0 Å². The summed E-state index contributed by atoms with van der Waals surface area (Å²) in [7, 11) is 0. The molecule has 2 N–H and O–H groups in total. The van der Waals surface area contributed by atoms with Crippen molar-refractivity contribution in [2.45, 2.75) is 13.8 Å². The van der Waals surface area contributed by atoms with Gasteiger partial charge in [-0.2, -0.15) is 0 Å². The van der Waals surface area contributed by atoms with E-state index in [4.69, 9.17) is 0 Å². The highest BCUT2D eigenvalue weighted by molar-refractivity contribution is 6.24. The minimum absolute atomic E-state index is 0.108. The predicted octanol–water partition coefficient (Wildman–Crippen LogP) is 1.90. The number of hydrogen-bond donors (Lipinski definition) is 2. The first-order valence-electron chi connectivity index (χ1n) is 10.8. The summed E-state index contributed by atoms with van der Waals surface area (Å²) in [6.07, 6.45) is 0. The number of nitro benzene ring substituents is 1. The molecule has 2 aromatic rings. The van der Waals surface area contributed by atoms with Crippen molar-refractivity contribution in [2.75, 3.05) is 38.0 Å². The van der Waals surface area contributed by atoms with E-state index in [1.54, 1.807) is 12.1 Å². The molecule has 3 rings (SSSR count). The summed E-state index contributed by atoms with van der Waals surface area (Å²) in [4.78, 5) is 63.1. The summed E-state index contributed by atoms with van der Waals surface area (Å²) in [6, 6.07) is 9.92. The fraction of sp³-hybridized carbons (Fsp3) is 0.304.